The van der Waals surface area contributed by atoms with Crippen LogP contribution in [0.1, 0.15) is 38.5 Å². The number of aliphatic carboxylic acids is 1. The van der Waals surface area contributed by atoms with Crippen LogP contribution in [0.3, 0.4) is 0 Å². The first-order valence-corrected chi connectivity index (χ1v) is 7.71. The first kappa shape index (κ1) is 17.2. The summed E-state index contributed by atoms with van der Waals surface area (Å²) in [6.45, 7) is 0.624. The minimum absolute atomic E-state index is 0.0662. The average molecular weight is 276 g/mol. The van der Waals surface area contributed by atoms with Crippen molar-refractivity contribution in [3.8, 4) is 0 Å². The van der Waals surface area contributed by atoms with Crippen LogP contribution in [0.2, 0.25) is 0 Å². The fourth-order valence-electron chi connectivity index (χ4n) is 1.48. The monoisotopic (exact) mass is 276 g/mol. The molecular formula is C12H24N2O3S. The summed E-state index contributed by atoms with van der Waals surface area (Å²) in [7, 11) is 0. The number of nitrogens with one attached hydrogen (secondary N) is 1. The van der Waals surface area contributed by atoms with Crippen LogP contribution in [0.25, 0.3) is 0 Å². The Kier molecular flexibility index (Phi) is 10.9. The second-order valence-electron chi connectivity index (χ2n) is 4.24. The molecule has 0 aliphatic rings. The lowest BCUT2D eigenvalue weighted by Crippen LogP contribution is -2.41. The predicted molar refractivity (Wildman–Crippen MR) is 74.7 cm³/mol. The molecule has 4 N–H and O–H groups in total. The topological polar surface area (TPSA) is 92.4 Å². The number of amides is 1. The molecule has 0 rings (SSSR count). The molecule has 0 fully saturated rings. The predicted octanol–water partition coefficient (Wildman–Crippen LogP) is 1.22. The number of carboxylic acids is 1. The van der Waals surface area contributed by atoms with E-state index in [1.807, 2.05) is 11.8 Å². The highest BCUT2D eigenvalue weighted by atomic mass is 32.2. The number of carbonyl (C=O) groups excluding carboxylic acids is 1. The molecule has 0 aromatic carbocycles. The SMILES string of the molecule is CSCCCCCCNC(=O)C(N)CCC(=O)O. The van der Waals surface area contributed by atoms with Gasteiger partial charge in [0.15, 0.2) is 0 Å². The highest BCUT2D eigenvalue weighted by Crippen LogP contribution is 2.04. The van der Waals surface area contributed by atoms with Gasteiger partial charge in [0.05, 0.1) is 6.04 Å². The Morgan fingerprint density at radius 2 is 1.94 bits per heavy atom. The molecule has 6 heteroatoms. The fraction of sp³-hybridized carbons (Fsp3) is 0.833. The van der Waals surface area contributed by atoms with E-state index in [9.17, 15) is 9.59 Å². The van der Waals surface area contributed by atoms with E-state index in [2.05, 4.69) is 11.6 Å². The minimum Gasteiger partial charge on any atom is -0.481 e. The van der Waals surface area contributed by atoms with Crippen LogP contribution in [0.15, 0.2) is 0 Å². The van der Waals surface area contributed by atoms with Gasteiger partial charge in [0, 0.05) is 13.0 Å². The minimum atomic E-state index is -0.924. The summed E-state index contributed by atoms with van der Waals surface area (Å²) in [6, 6.07) is -0.711. The van der Waals surface area contributed by atoms with Crippen molar-refractivity contribution in [1.82, 2.24) is 5.32 Å². The Bertz CT molecular complexity index is 249. The van der Waals surface area contributed by atoms with Gasteiger partial charge in [-0.25, -0.2) is 0 Å². The molecule has 106 valence electrons. The molecule has 0 saturated heterocycles. The normalized spacial score (nSPS) is 12.1. The van der Waals surface area contributed by atoms with Crippen molar-refractivity contribution in [2.75, 3.05) is 18.6 Å². The third kappa shape index (κ3) is 10.4. The van der Waals surface area contributed by atoms with Gasteiger partial charge in [0.2, 0.25) is 5.91 Å². The average Bonchev–Trinajstić information content (AvgIpc) is 2.34. The fourth-order valence-corrected chi connectivity index (χ4v) is 1.97. The molecule has 0 saturated carbocycles. The molecule has 0 spiro atoms. The van der Waals surface area contributed by atoms with Crippen LogP contribution in [-0.4, -0.2) is 41.6 Å². The summed E-state index contributed by atoms with van der Waals surface area (Å²) < 4.78 is 0. The molecular weight excluding hydrogens is 252 g/mol. The van der Waals surface area contributed by atoms with Crippen LogP contribution < -0.4 is 11.1 Å². The Morgan fingerprint density at radius 1 is 1.28 bits per heavy atom. The lowest BCUT2D eigenvalue weighted by molar-refractivity contribution is -0.137. The van der Waals surface area contributed by atoms with Crippen molar-refractivity contribution in [1.29, 1.82) is 0 Å². The first-order chi connectivity index (χ1) is 8.57. The van der Waals surface area contributed by atoms with Crippen LogP contribution in [0, 0.1) is 0 Å². The van der Waals surface area contributed by atoms with Crippen molar-refractivity contribution in [3.63, 3.8) is 0 Å². The largest absolute Gasteiger partial charge is 0.481 e. The quantitative estimate of drug-likeness (QED) is 0.493. The van der Waals surface area contributed by atoms with E-state index in [0.29, 0.717) is 6.54 Å². The van der Waals surface area contributed by atoms with Gasteiger partial charge >= 0.3 is 5.97 Å². The van der Waals surface area contributed by atoms with E-state index in [1.165, 1.54) is 18.6 Å². The van der Waals surface area contributed by atoms with Crippen LogP contribution in [-0.2, 0) is 9.59 Å². The van der Waals surface area contributed by atoms with Crippen LogP contribution in [0.5, 0.6) is 0 Å². The van der Waals surface area contributed by atoms with E-state index < -0.39 is 12.0 Å². The molecule has 0 bridgehead atoms. The lowest BCUT2D eigenvalue weighted by Gasteiger charge is -2.10. The number of hydrogen-bond acceptors (Lipinski definition) is 4. The van der Waals surface area contributed by atoms with E-state index in [0.717, 1.165) is 12.8 Å². The number of rotatable bonds is 11. The summed E-state index contributed by atoms with van der Waals surface area (Å²) in [5.41, 5.74) is 5.57. The molecule has 0 heterocycles. The summed E-state index contributed by atoms with van der Waals surface area (Å²) in [4.78, 5) is 21.8. The standard InChI is InChI=1S/C12H24N2O3S/c1-18-9-5-3-2-4-8-14-12(17)10(13)6-7-11(15)16/h10H,2-9,13H2,1H3,(H,14,17)(H,15,16). The van der Waals surface area contributed by atoms with Crippen LogP contribution in [0.4, 0.5) is 0 Å². The van der Waals surface area contributed by atoms with Gasteiger partial charge in [-0.3, -0.25) is 9.59 Å². The van der Waals surface area contributed by atoms with Crippen molar-refractivity contribution in [2.24, 2.45) is 5.73 Å². The Hall–Kier alpha value is -0.750. The van der Waals surface area contributed by atoms with E-state index >= 15 is 0 Å². The summed E-state index contributed by atoms with van der Waals surface area (Å²) in [5, 5.41) is 11.2. The second kappa shape index (κ2) is 11.3. The number of carboxylic acid groups (broad SMARTS) is 1. The Labute approximate surface area is 113 Å². The van der Waals surface area contributed by atoms with Gasteiger partial charge in [-0.05, 0) is 31.3 Å². The molecule has 0 aliphatic carbocycles. The van der Waals surface area contributed by atoms with Crippen molar-refractivity contribution in [3.05, 3.63) is 0 Å². The van der Waals surface area contributed by atoms with Gasteiger partial charge in [-0.2, -0.15) is 11.8 Å². The molecule has 1 amide bonds. The number of carbonyl (C=O) groups is 2. The van der Waals surface area contributed by atoms with Crippen molar-refractivity contribution >= 4 is 23.6 Å². The molecule has 0 radical (unpaired) electrons. The zero-order valence-corrected chi connectivity index (χ0v) is 11.8. The van der Waals surface area contributed by atoms with E-state index in [1.54, 1.807) is 0 Å². The van der Waals surface area contributed by atoms with Gasteiger partial charge in [-0.15, -0.1) is 0 Å². The molecule has 0 aromatic rings. The molecule has 0 aromatic heterocycles. The molecule has 1 atom stereocenters. The van der Waals surface area contributed by atoms with Gasteiger partial charge in [0.25, 0.3) is 0 Å². The molecule has 1 unspecified atom stereocenters. The smallest absolute Gasteiger partial charge is 0.303 e. The number of unbranched alkanes of at least 4 members (excludes halogenated alkanes) is 3. The van der Waals surface area contributed by atoms with Gasteiger partial charge < -0.3 is 16.2 Å². The Balaban J connectivity index is 3.43. The van der Waals surface area contributed by atoms with E-state index in [-0.39, 0.29) is 18.7 Å². The highest BCUT2D eigenvalue weighted by molar-refractivity contribution is 7.98. The highest BCUT2D eigenvalue weighted by Gasteiger charge is 2.13. The number of hydrogen-bond donors (Lipinski definition) is 3. The lowest BCUT2D eigenvalue weighted by atomic mass is 10.1. The summed E-state index contributed by atoms with van der Waals surface area (Å²) in [5.74, 6) is 0.0132. The maximum atomic E-state index is 11.5. The number of thioether (sulfide) groups is 1. The third-order valence-corrected chi connectivity index (χ3v) is 3.28. The van der Waals surface area contributed by atoms with Crippen molar-refractivity contribution in [2.45, 2.75) is 44.6 Å². The zero-order chi connectivity index (χ0) is 13.8. The van der Waals surface area contributed by atoms with Crippen molar-refractivity contribution < 1.29 is 14.7 Å². The van der Waals surface area contributed by atoms with Gasteiger partial charge in [-0.1, -0.05) is 12.8 Å². The molecule has 18 heavy (non-hydrogen) atoms. The summed E-state index contributed by atoms with van der Waals surface area (Å²) >= 11 is 1.85. The maximum Gasteiger partial charge on any atom is 0.303 e. The van der Waals surface area contributed by atoms with Gasteiger partial charge in [0.1, 0.15) is 0 Å². The maximum absolute atomic E-state index is 11.5. The second-order valence-corrected chi connectivity index (χ2v) is 5.22. The van der Waals surface area contributed by atoms with E-state index in [4.69, 9.17) is 10.8 Å². The van der Waals surface area contributed by atoms with Crippen LogP contribution >= 0.6 is 11.8 Å². The third-order valence-electron chi connectivity index (χ3n) is 2.58. The first-order valence-electron chi connectivity index (χ1n) is 6.32. The zero-order valence-electron chi connectivity index (χ0n) is 11.0. The molecule has 0 aliphatic heterocycles. The number of nitrogens with two attached hydrogens (primary N) is 1. The summed E-state index contributed by atoms with van der Waals surface area (Å²) in [6.07, 6.45) is 6.67. The molecule has 5 nitrogen and oxygen atoms in total. The Morgan fingerprint density at radius 3 is 2.56 bits per heavy atom.